The molecule has 0 radical (unpaired) electrons. The molecule has 0 unspecified atom stereocenters. The zero-order valence-corrected chi connectivity index (χ0v) is 14.5. The number of amides is 1. The fraction of sp³-hybridized carbons (Fsp3) is 0.167. The van der Waals surface area contributed by atoms with Crippen molar-refractivity contribution in [2.75, 3.05) is 0 Å². The van der Waals surface area contributed by atoms with Gasteiger partial charge in [0.15, 0.2) is 5.58 Å². The summed E-state index contributed by atoms with van der Waals surface area (Å²) in [6.45, 7) is 2.20. The third kappa shape index (κ3) is 3.56. The minimum atomic E-state index is -0.411. The van der Waals surface area contributed by atoms with Gasteiger partial charge >= 0.3 is 0 Å². The summed E-state index contributed by atoms with van der Waals surface area (Å²) in [5.41, 5.74) is 7.70. The van der Waals surface area contributed by atoms with Gasteiger partial charge in [0.25, 0.3) is 0 Å². The number of benzene rings is 2. The molecule has 0 saturated carbocycles. The molecule has 3 N–H and O–H groups in total. The zero-order chi connectivity index (χ0) is 17.3. The SMILES string of the molecule is C[C@H](NCc1cc(Cl)c2oc(-c3cccc(Cl)c3)cc2c1)C(N)=O. The van der Waals surface area contributed by atoms with E-state index in [9.17, 15) is 4.79 Å². The average Bonchev–Trinajstić information content (AvgIpc) is 2.97. The molecule has 0 aliphatic heterocycles. The summed E-state index contributed by atoms with van der Waals surface area (Å²) in [5.74, 6) is 0.304. The Morgan fingerprint density at radius 1 is 1.25 bits per heavy atom. The van der Waals surface area contributed by atoms with Gasteiger partial charge in [-0.1, -0.05) is 35.3 Å². The van der Waals surface area contributed by atoms with Gasteiger partial charge in [0.05, 0.1) is 11.1 Å². The van der Waals surface area contributed by atoms with Gasteiger partial charge in [-0.3, -0.25) is 4.79 Å². The maximum Gasteiger partial charge on any atom is 0.234 e. The van der Waals surface area contributed by atoms with Crippen molar-refractivity contribution in [2.45, 2.75) is 19.5 Å². The smallest absolute Gasteiger partial charge is 0.234 e. The van der Waals surface area contributed by atoms with E-state index < -0.39 is 11.9 Å². The number of nitrogens with one attached hydrogen (secondary N) is 1. The molecular formula is C18H16Cl2N2O2. The number of halogens is 2. The van der Waals surface area contributed by atoms with Gasteiger partial charge in [0.1, 0.15) is 5.76 Å². The maximum absolute atomic E-state index is 11.1. The predicted molar refractivity (Wildman–Crippen MR) is 97.2 cm³/mol. The molecule has 1 atom stereocenters. The number of carbonyl (C=O) groups excluding carboxylic acids is 1. The third-order valence-corrected chi connectivity index (χ3v) is 4.29. The van der Waals surface area contributed by atoms with Crippen LogP contribution < -0.4 is 11.1 Å². The molecule has 6 heteroatoms. The molecule has 0 saturated heterocycles. The number of fused-ring (bicyclic) bond motifs is 1. The van der Waals surface area contributed by atoms with Crippen molar-refractivity contribution < 1.29 is 9.21 Å². The molecule has 1 amide bonds. The molecule has 3 rings (SSSR count). The Morgan fingerprint density at radius 3 is 2.75 bits per heavy atom. The summed E-state index contributed by atoms with van der Waals surface area (Å²) in [7, 11) is 0. The molecule has 124 valence electrons. The van der Waals surface area contributed by atoms with Crippen LogP contribution in [0.5, 0.6) is 0 Å². The monoisotopic (exact) mass is 362 g/mol. The topological polar surface area (TPSA) is 68.3 Å². The summed E-state index contributed by atoms with van der Waals surface area (Å²) < 4.78 is 5.87. The van der Waals surface area contributed by atoms with Crippen LogP contribution in [0.25, 0.3) is 22.3 Å². The first-order chi connectivity index (χ1) is 11.4. The molecule has 1 heterocycles. The van der Waals surface area contributed by atoms with Crippen molar-refractivity contribution in [1.82, 2.24) is 5.32 Å². The minimum Gasteiger partial charge on any atom is -0.455 e. The molecular weight excluding hydrogens is 347 g/mol. The van der Waals surface area contributed by atoms with Crippen LogP contribution in [0, 0.1) is 0 Å². The van der Waals surface area contributed by atoms with E-state index in [1.54, 1.807) is 6.92 Å². The molecule has 0 bridgehead atoms. The first kappa shape index (κ1) is 16.8. The van der Waals surface area contributed by atoms with Gasteiger partial charge < -0.3 is 15.5 Å². The number of nitrogens with two attached hydrogens (primary N) is 1. The first-order valence-electron chi connectivity index (χ1n) is 7.44. The summed E-state index contributed by atoms with van der Waals surface area (Å²) in [6, 6.07) is 12.7. The molecule has 0 spiro atoms. The highest BCUT2D eigenvalue weighted by molar-refractivity contribution is 6.35. The van der Waals surface area contributed by atoms with E-state index >= 15 is 0 Å². The molecule has 3 aromatic rings. The highest BCUT2D eigenvalue weighted by Gasteiger charge is 2.12. The minimum absolute atomic E-state index is 0.395. The van der Waals surface area contributed by atoms with E-state index in [4.69, 9.17) is 33.4 Å². The Hall–Kier alpha value is -2.01. The highest BCUT2D eigenvalue weighted by Crippen LogP contribution is 2.34. The van der Waals surface area contributed by atoms with Crippen LogP contribution in [0.15, 0.2) is 46.9 Å². The van der Waals surface area contributed by atoms with Crippen molar-refractivity contribution in [2.24, 2.45) is 5.73 Å². The van der Waals surface area contributed by atoms with E-state index in [1.165, 1.54) is 0 Å². The third-order valence-electron chi connectivity index (χ3n) is 3.78. The number of rotatable bonds is 5. The summed E-state index contributed by atoms with van der Waals surface area (Å²) in [6.07, 6.45) is 0. The number of furan rings is 1. The Morgan fingerprint density at radius 2 is 2.04 bits per heavy atom. The number of hydrogen-bond acceptors (Lipinski definition) is 3. The fourth-order valence-electron chi connectivity index (χ4n) is 2.43. The molecule has 0 fully saturated rings. The summed E-state index contributed by atoms with van der Waals surface area (Å²) in [4.78, 5) is 11.1. The summed E-state index contributed by atoms with van der Waals surface area (Å²) in [5, 5.41) is 5.11. The molecule has 24 heavy (non-hydrogen) atoms. The molecule has 0 aliphatic carbocycles. The lowest BCUT2D eigenvalue weighted by Crippen LogP contribution is -2.38. The Kier molecular flexibility index (Phi) is 4.81. The number of carbonyl (C=O) groups is 1. The standard InChI is InChI=1S/C18H16Cl2N2O2/c1-10(18(21)23)22-9-11-5-13-8-16(24-17(13)15(20)6-11)12-3-2-4-14(19)7-12/h2-8,10,22H,9H2,1H3,(H2,21,23)/t10-/m0/s1. The van der Waals surface area contributed by atoms with Crippen LogP contribution >= 0.6 is 23.2 Å². The van der Waals surface area contributed by atoms with Crippen molar-refractivity contribution in [3.8, 4) is 11.3 Å². The van der Waals surface area contributed by atoms with Crippen LogP contribution in [-0.4, -0.2) is 11.9 Å². The van der Waals surface area contributed by atoms with Gasteiger partial charge in [-0.2, -0.15) is 0 Å². The van der Waals surface area contributed by atoms with Gasteiger partial charge in [-0.25, -0.2) is 0 Å². The van der Waals surface area contributed by atoms with E-state index in [2.05, 4.69) is 5.32 Å². The second-order valence-corrected chi connectivity index (χ2v) is 6.47. The molecule has 1 aromatic heterocycles. The maximum atomic E-state index is 11.1. The van der Waals surface area contributed by atoms with E-state index in [0.717, 1.165) is 16.5 Å². The Labute approximate surface area is 149 Å². The van der Waals surface area contributed by atoms with Crippen molar-refractivity contribution in [3.05, 3.63) is 58.1 Å². The molecule has 4 nitrogen and oxygen atoms in total. The van der Waals surface area contributed by atoms with Crippen LogP contribution in [0.4, 0.5) is 0 Å². The fourth-order valence-corrected chi connectivity index (χ4v) is 2.90. The predicted octanol–water partition coefficient (Wildman–Crippen LogP) is 4.37. The largest absolute Gasteiger partial charge is 0.455 e. The molecule has 2 aromatic carbocycles. The Balaban J connectivity index is 1.92. The van der Waals surface area contributed by atoms with Crippen molar-refractivity contribution in [1.29, 1.82) is 0 Å². The second-order valence-electron chi connectivity index (χ2n) is 5.62. The second kappa shape index (κ2) is 6.85. The normalized spacial score (nSPS) is 12.5. The Bertz CT molecular complexity index is 905. The lowest BCUT2D eigenvalue weighted by molar-refractivity contribution is -0.119. The van der Waals surface area contributed by atoms with Crippen LogP contribution in [-0.2, 0) is 11.3 Å². The lowest BCUT2D eigenvalue weighted by atomic mass is 10.1. The first-order valence-corrected chi connectivity index (χ1v) is 8.20. The van der Waals surface area contributed by atoms with E-state index in [0.29, 0.717) is 27.9 Å². The summed E-state index contributed by atoms with van der Waals surface area (Å²) >= 11 is 12.4. The number of primary amides is 1. The highest BCUT2D eigenvalue weighted by atomic mass is 35.5. The van der Waals surface area contributed by atoms with Crippen LogP contribution in [0.2, 0.25) is 10.0 Å². The van der Waals surface area contributed by atoms with Gasteiger partial charge in [-0.05, 0) is 42.8 Å². The van der Waals surface area contributed by atoms with Crippen LogP contribution in [0.3, 0.4) is 0 Å². The van der Waals surface area contributed by atoms with E-state index in [-0.39, 0.29) is 0 Å². The average molecular weight is 363 g/mol. The lowest BCUT2D eigenvalue weighted by Gasteiger charge is -2.10. The number of hydrogen-bond donors (Lipinski definition) is 2. The van der Waals surface area contributed by atoms with Crippen molar-refractivity contribution >= 4 is 40.1 Å². The van der Waals surface area contributed by atoms with E-state index in [1.807, 2.05) is 42.5 Å². The van der Waals surface area contributed by atoms with Crippen molar-refractivity contribution in [3.63, 3.8) is 0 Å². The quantitative estimate of drug-likeness (QED) is 0.707. The van der Waals surface area contributed by atoms with Gasteiger partial charge in [0, 0.05) is 22.5 Å². The zero-order valence-electron chi connectivity index (χ0n) is 13.0. The molecule has 0 aliphatic rings. The van der Waals surface area contributed by atoms with Crippen LogP contribution in [0.1, 0.15) is 12.5 Å². The van der Waals surface area contributed by atoms with Gasteiger partial charge in [-0.15, -0.1) is 0 Å². The van der Waals surface area contributed by atoms with Gasteiger partial charge in [0.2, 0.25) is 5.91 Å².